The van der Waals surface area contributed by atoms with E-state index < -0.39 is 15.7 Å². The van der Waals surface area contributed by atoms with Crippen LogP contribution in [0.3, 0.4) is 0 Å². The van der Waals surface area contributed by atoms with Crippen LogP contribution in [0.15, 0.2) is 0 Å². The Morgan fingerprint density at radius 2 is 1.50 bits per heavy atom. The van der Waals surface area contributed by atoms with Gasteiger partial charge in [0.05, 0.1) is 0 Å². The summed E-state index contributed by atoms with van der Waals surface area (Å²) in [6, 6.07) is 0. The van der Waals surface area contributed by atoms with Crippen molar-refractivity contribution in [1.29, 1.82) is 0 Å². The zero-order valence-electron chi connectivity index (χ0n) is 12.4. The molecule has 108 valence electrons. The van der Waals surface area contributed by atoms with Crippen LogP contribution in [-0.4, -0.2) is 31.4 Å². The van der Waals surface area contributed by atoms with Crippen molar-refractivity contribution in [2.75, 3.05) is 13.1 Å². The van der Waals surface area contributed by atoms with E-state index in [-0.39, 0.29) is 5.41 Å². The van der Waals surface area contributed by atoms with Gasteiger partial charge < -0.3 is 0 Å². The van der Waals surface area contributed by atoms with Gasteiger partial charge in [0.25, 0.3) is 10.2 Å². The van der Waals surface area contributed by atoms with Crippen molar-refractivity contribution in [3.63, 3.8) is 0 Å². The minimum atomic E-state index is -3.33. The van der Waals surface area contributed by atoms with Crippen molar-refractivity contribution >= 4 is 10.2 Å². The molecule has 0 amide bonds. The molecule has 0 radical (unpaired) electrons. The molecule has 0 aliphatic carbocycles. The second-order valence-corrected chi connectivity index (χ2v) is 8.86. The summed E-state index contributed by atoms with van der Waals surface area (Å²) in [5.74, 6) is 0. The summed E-state index contributed by atoms with van der Waals surface area (Å²) in [4.78, 5) is 0. The molecule has 5 heteroatoms. The van der Waals surface area contributed by atoms with E-state index in [4.69, 9.17) is 0 Å². The molecule has 1 rings (SSSR count). The van der Waals surface area contributed by atoms with Gasteiger partial charge in [-0.3, -0.25) is 0 Å². The SMILES string of the molecule is CC(C)(C)CC(C)(C)NS(=O)(=O)N1CCCCC1. The minimum Gasteiger partial charge on any atom is -0.197 e. The van der Waals surface area contributed by atoms with Crippen LogP contribution in [0, 0.1) is 5.41 Å². The van der Waals surface area contributed by atoms with E-state index >= 15 is 0 Å². The van der Waals surface area contributed by atoms with E-state index in [2.05, 4.69) is 25.5 Å². The summed E-state index contributed by atoms with van der Waals surface area (Å²) < 4.78 is 29.0. The Morgan fingerprint density at radius 1 is 1.00 bits per heavy atom. The average Bonchev–Trinajstić information content (AvgIpc) is 2.13. The van der Waals surface area contributed by atoms with Crippen molar-refractivity contribution in [3.05, 3.63) is 0 Å². The van der Waals surface area contributed by atoms with Crippen molar-refractivity contribution in [2.45, 2.75) is 65.8 Å². The van der Waals surface area contributed by atoms with E-state index in [9.17, 15) is 8.42 Å². The molecular formula is C13H28N2O2S. The largest absolute Gasteiger partial charge is 0.279 e. The standard InChI is InChI=1S/C13H28N2O2S/c1-12(2,3)11-13(4,5)14-18(16,17)15-9-7-6-8-10-15/h14H,6-11H2,1-5H3. The van der Waals surface area contributed by atoms with Crippen LogP contribution in [0.25, 0.3) is 0 Å². The van der Waals surface area contributed by atoms with Crippen LogP contribution in [0.5, 0.6) is 0 Å². The quantitative estimate of drug-likeness (QED) is 0.858. The number of nitrogens with zero attached hydrogens (tertiary/aromatic N) is 1. The average molecular weight is 276 g/mol. The number of rotatable bonds is 4. The molecule has 0 aromatic carbocycles. The first-order valence-electron chi connectivity index (χ1n) is 6.81. The lowest BCUT2D eigenvalue weighted by atomic mass is 9.82. The Kier molecular flexibility index (Phi) is 4.84. The predicted octanol–water partition coefficient (Wildman–Crippen LogP) is 2.52. The molecule has 0 unspecified atom stereocenters. The number of piperidine rings is 1. The van der Waals surface area contributed by atoms with Gasteiger partial charge in [-0.25, -0.2) is 0 Å². The van der Waals surface area contributed by atoms with E-state index in [0.717, 1.165) is 25.7 Å². The number of hydrogen-bond acceptors (Lipinski definition) is 2. The van der Waals surface area contributed by atoms with Crippen LogP contribution in [-0.2, 0) is 10.2 Å². The highest BCUT2D eigenvalue weighted by Crippen LogP contribution is 2.28. The van der Waals surface area contributed by atoms with Gasteiger partial charge in [0.2, 0.25) is 0 Å². The molecule has 18 heavy (non-hydrogen) atoms. The lowest BCUT2D eigenvalue weighted by Crippen LogP contribution is -2.52. The molecule has 1 aliphatic rings. The monoisotopic (exact) mass is 276 g/mol. The van der Waals surface area contributed by atoms with Crippen LogP contribution in [0.2, 0.25) is 0 Å². The second kappa shape index (κ2) is 5.47. The van der Waals surface area contributed by atoms with Crippen LogP contribution in [0.4, 0.5) is 0 Å². The highest BCUT2D eigenvalue weighted by molar-refractivity contribution is 7.87. The van der Waals surface area contributed by atoms with E-state index in [1.54, 1.807) is 4.31 Å². The normalized spacial score (nSPS) is 20.1. The Morgan fingerprint density at radius 3 is 1.94 bits per heavy atom. The third-order valence-electron chi connectivity index (χ3n) is 3.03. The third kappa shape index (κ3) is 5.24. The number of nitrogens with one attached hydrogen (secondary N) is 1. The summed E-state index contributed by atoms with van der Waals surface area (Å²) in [7, 11) is -3.33. The fraction of sp³-hybridized carbons (Fsp3) is 1.00. The first kappa shape index (κ1) is 15.9. The van der Waals surface area contributed by atoms with Gasteiger partial charge in [0.1, 0.15) is 0 Å². The highest BCUT2D eigenvalue weighted by Gasteiger charge is 2.33. The molecule has 0 aromatic rings. The summed E-state index contributed by atoms with van der Waals surface area (Å²) in [5.41, 5.74) is -0.303. The Labute approximate surface area is 112 Å². The first-order valence-corrected chi connectivity index (χ1v) is 8.25. The minimum absolute atomic E-state index is 0.105. The maximum Gasteiger partial charge on any atom is 0.279 e. The van der Waals surface area contributed by atoms with E-state index in [1.807, 2.05) is 13.8 Å². The molecule has 4 nitrogen and oxygen atoms in total. The third-order valence-corrected chi connectivity index (χ3v) is 4.89. The van der Waals surface area contributed by atoms with Gasteiger partial charge in [-0.1, -0.05) is 27.2 Å². The van der Waals surface area contributed by atoms with Gasteiger partial charge in [0, 0.05) is 18.6 Å². The van der Waals surface area contributed by atoms with Crippen molar-refractivity contribution in [3.8, 4) is 0 Å². The molecule has 0 saturated carbocycles. The molecule has 0 atom stereocenters. The van der Waals surface area contributed by atoms with Crippen molar-refractivity contribution in [1.82, 2.24) is 9.03 Å². The molecule has 1 aliphatic heterocycles. The molecule has 0 bridgehead atoms. The summed E-state index contributed by atoms with van der Waals surface area (Å²) in [5, 5.41) is 0. The summed E-state index contributed by atoms with van der Waals surface area (Å²) >= 11 is 0. The van der Waals surface area contributed by atoms with Gasteiger partial charge in [-0.2, -0.15) is 17.4 Å². The first-order chi connectivity index (χ1) is 8.02. The lowest BCUT2D eigenvalue weighted by molar-refractivity contribution is 0.260. The summed E-state index contributed by atoms with van der Waals surface area (Å²) in [6.45, 7) is 11.6. The fourth-order valence-corrected chi connectivity index (χ4v) is 4.52. The zero-order chi connectivity index (χ0) is 14.0. The molecular weight excluding hydrogens is 248 g/mol. The van der Waals surface area contributed by atoms with Gasteiger partial charge in [0.15, 0.2) is 0 Å². The fourth-order valence-electron chi connectivity index (χ4n) is 2.88. The predicted molar refractivity (Wildman–Crippen MR) is 75.6 cm³/mol. The maximum absolute atomic E-state index is 12.3. The molecule has 0 aromatic heterocycles. The van der Waals surface area contributed by atoms with Gasteiger partial charge >= 0.3 is 0 Å². The summed E-state index contributed by atoms with van der Waals surface area (Å²) in [6.07, 6.45) is 3.89. The molecule has 1 saturated heterocycles. The van der Waals surface area contributed by atoms with E-state index in [0.29, 0.717) is 13.1 Å². The molecule has 0 spiro atoms. The second-order valence-electron chi connectivity index (χ2n) is 7.19. The Hall–Kier alpha value is -0.130. The van der Waals surface area contributed by atoms with Crippen LogP contribution < -0.4 is 4.72 Å². The zero-order valence-corrected chi connectivity index (χ0v) is 13.2. The van der Waals surface area contributed by atoms with Gasteiger partial charge in [-0.15, -0.1) is 0 Å². The highest BCUT2D eigenvalue weighted by atomic mass is 32.2. The van der Waals surface area contributed by atoms with Crippen LogP contribution >= 0.6 is 0 Å². The van der Waals surface area contributed by atoms with Gasteiger partial charge in [-0.05, 0) is 38.5 Å². The molecule has 1 heterocycles. The molecule has 1 N–H and O–H groups in total. The number of hydrogen-bond donors (Lipinski definition) is 1. The van der Waals surface area contributed by atoms with Crippen molar-refractivity contribution < 1.29 is 8.42 Å². The lowest BCUT2D eigenvalue weighted by Gasteiger charge is -2.35. The van der Waals surface area contributed by atoms with E-state index in [1.165, 1.54) is 0 Å². The van der Waals surface area contributed by atoms with Crippen molar-refractivity contribution in [2.24, 2.45) is 5.41 Å². The molecule has 1 fully saturated rings. The van der Waals surface area contributed by atoms with Crippen LogP contribution in [0.1, 0.15) is 60.3 Å². The Balaban J connectivity index is 2.69. The topological polar surface area (TPSA) is 49.4 Å². The Bertz CT molecular complexity index is 363. The maximum atomic E-state index is 12.3. The smallest absolute Gasteiger partial charge is 0.197 e.